The molecule has 0 rings (SSSR count). The average Bonchev–Trinajstić information content (AvgIpc) is 3.50. The molecule has 0 radical (unpaired) electrons. The number of hydrogen-bond donors (Lipinski definition) is 10. The van der Waals surface area contributed by atoms with Crippen molar-refractivity contribution < 1.29 is 209 Å². The lowest BCUT2D eigenvalue weighted by Gasteiger charge is -2.16. The van der Waals surface area contributed by atoms with Gasteiger partial charge in [0, 0.05) is 140 Å². The minimum Gasteiger partial charge on any atom is -0.453 e. The highest BCUT2D eigenvalue weighted by atomic mass is 79.9. The molecule has 88 heavy (non-hydrogen) atoms. The van der Waals surface area contributed by atoms with E-state index in [0.29, 0.717) is 31.6 Å². The molecule has 56 heteroatoms. The minimum atomic E-state index is -1.10. The maximum atomic E-state index is 10.0. The molecule has 0 aliphatic carbocycles. The Kier molecular flexibility index (Phi) is 394. The van der Waals surface area contributed by atoms with E-state index < -0.39 is 59.9 Å². The fourth-order valence-electron chi connectivity index (χ4n) is 1.45. The number of rotatable bonds is 10. The van der Waals surface area contributed by atoms with E-state index in [-0.39, 0.29) is 16.7 Å². The molecule has 0 fully saturated rings. The molecular weight excluding hydrogens is 1410 g/mol. The third kappa shape index (κ3) is 750. The Morgan fingerprint density at radius 3 is 0.750 bits per heavy atom. The SMILES string of the molecule is C/C=C\C(N)=O.CC(C)(C)OC(N)=O.CC(C)OC(N)=O.CCCCOC(N)=O.CCCOC(N)=O.CCOC(N)=O.COC(N)=O.F.FF.FF.FF.FF.FF.FF.FF.FF.FF.FF.FF.FF.FF.FF.NC(=O)C(N)=O.NC(=O)CCBr. The molecule has 0 aromatic rings. The molecule has 0 saturated carbocycles. The minimum absolute atomic E-state index is 0. The molecule has 0 bridgehead atoms. The van der Waals surface area contributed by atoms with Gasteiger partial charge in [-0.15, -0.1) is 0 Å². The molecule has 0 saturated heterocycles. The van der Waals surface area contributed by atoms with Gasteiger partial charge in [-0.05, 0) is 67.4 Å². The Hall–Kier alpha value is -8.31. The first-order chi connectivity index (χ1) is 40.8. The van der Waals surface area contributed by atoms with E-state index >= 15 is 0 Å². The zero-order chi connectivity index (χ0) is 77.2. The van der Waals surface area contributed by atoms with Crippen LogP contribution in [0.2, 0.25) is 0 Å². The second kappa shape index (κ2) is 218. The van der Waals surface area contributed by atoms with Crippen LogP contribution in [0.15, 0.2) is 12.2 Å². The fourth-order valence-corrected chi connectivity index (χ4v) is 1.84. The van der Waals surface area contributed by atoms with Crippen LogP contribution < -0.4 is 57.3 Å². The first kappa shape index (κ1) is 159. The summed E-state index contributed by atoms with van der Waals surface area (Å²) in [6.45, 7) is 17.4. The summed E-state index contributed by atoms with van der Waals surface area (Å²) in [5.41, 5.74) is 45.2. The topological polar surface area (TPSA) is 486 Å². The lowest BCUT2D eigenvalue weighted by Crippen LogP contribution is -2.29. The third-order valence-electron chi connectivity index (χ3n) is 3.35. The molecule has 10 amide bonds. The fraction of sp³-hybridized carbons (Fsp3) is 0.625. The van der Waals surface area contributed by atoms with Crippen LogP contribution >= 0.6 is 15.9 Å². The van der Waals surface area contributed by atoms with Crippen molar-refractivity contribution in [3.8, 4) is 0 Å². The first-order valence-corrected chi connectivity index (χ1v) is 19.8. The van der Waals surface area contributed by atoms with E-state index in [1.807, 2.05) is 13.8 Å². The van der Waals surface area contributed by atoms with Gasteiger partial charge in [0.1, 0.15) is 5.60 Å². The quantitative estimate of drug-likeness (QED) is 0.0243. The molecule has 0 aromatic heterocycles. The van der Waals surface area contributed by atoms with Gasteiger partial charge in [0.2, 0.25) is 11.8 Å². The van der Waals surface area contributed by atoms with Gasteiger partial charge in [-0.2, -0.15) is 0 Å². The number of carbonyl (C=O) groups is 10. The Labute approximate surface area is 486 Å². The van der Waals surface area contributed by atoms with Gasteiger partial charge < -0.3 is 85.8 Å². The molecule has 0 spiro atoms. The number of methoxy groups -OCH3 is 1. The van der Waals surface area contributed by atoms with Gasteiger partial charge in [0.25, 0.3) is 0 Å². The maximum absolute atomic E-state index is 10.0. The normalized spacial score (nSPS) is 6.68. The van der Waals surface area contributed by atoms with Gasteiger partial charge in [0.15, 0.2) is 0 Å². The summed E-state index contributed by atoms with van der Waals surface area (Å²) in [5, 5.41) is 0.669. The third-order valence-corrected chi connectivity index (χ3v) is 3.75. The average molecular weight is 1480 g/mol. The number of ether oxygens (including phenoxy) is 6. The van der Waals surface area contributed by atoms with E-state index in [1.165, 1.54) is 13.2 Å². The van der Waals surface area contributed by atoms with Crippen molar-refractivity contribution in [1.82, 2.24) is 0 Å². The molecule has 0 aliphatic heterocycles. The first-order valence-electron chi connectivity index (χ1n) is 18.7. The molecule has 20 N–H and O–H groups in total. The number of nitrogens with two attached hydrogens (primary N) is 10. The van der Waals surface area contributed by atoms with Crippen LogP contribution in [-0.4, -0.2) is 104 Å². The standard InChI is InChI=1S/2C5H11NO2.2C4H9NO2.C4H7NO.C3H6BrNO.C3H7NO2.C2H4N2O2.C2H5NO2.14F2.FH/c1-5(2,3)8-4(6)7;1-2-3-4-8-5(6)7;1-3(2)7-4(5)6;1-2-3-7-4(5)6;1-2-3-4(5)6;4-2-1-3(5)6;1-2-6-3(4)5;3-1(5)2(4)6;1-5-2(3)4;14*1-2;/h1-3H3,(H2,6,7);2-4H2,1H3,(H2,6,7);3H,1-2H3,(H2,5,6);2-3H2,1H3,(H2,5,6);2-3H,1H3,(H2,5,6);1-2H2,(H2,5,6);2H2,1H3,(H2,4,5);(H2,3,5)(H2,4,6);1H3,(H2,3,4);;;;;;;;;;;;;;;1H/b;;;;3-2-;;;;;;;;;;;;;;;;;;;. The van der Waals surface area contributed by atoms with Gasteiger partial charge >= 0.3 is 48.4 Å². The summed E-state index contributed by atoms with van der Waals surface area (Å²) in [5.74, 6) is -2.85. The van der Waals surface area contributed by atoms with Crippen molar-refractivity contribution in [2.75, 3.05) is 32.3 Å². The molecule has 26 nitrogen and oxygen atoms in total. The molecular formula is C32H70BrF29N10O16. The highest BCUT2D eigenvalue weighted by Crippen LogP contribution is 2.04. The van der Waals surface area contributed by atoms with Crippen LogP contribution in [0.4, 0.5) is 162 Å². The molecule has 554 valence electrons. The predicted octanol–water partition coefficient (Wildman–Crippen LogP) is 12.7. The summed E-state index contributed by atoms with van der Waals surface area (Å²) >= 11 is 3.05. The number of primary amides is 10. The van der Waals surface area contributed by atoms with E-state index in [0.717, 1.165) is 19.3 Å². The van der Waals surface area contributed by atoms with Crippen molar-refractivity contribution in [2.24, 2.45) is 57.3 Å². The van der Waals surface area contributed by atoms with Gasteiger partial charge in [-0.3, -0.25) is 23.9 Å². The van der Waals surface area contributed by atoms with Crippen molar-refractivity contribution >= 4 is 76.1 Å². The number of halogens is 30. The highest BCUT2D eigenvalue weighted by molar-refractivity contribution is 9.09. The van der Waals surface area contributed by atoms with Crippen LogP contribution in [0.1, 0.15) is 88.0 Å². The monoisotopic (exact) mass is 1480 g/mol. The molecule has 0 aliphatic rings. The summed E-state index contributed by atoms with van der Waals surface area (Å²) in [4.78, 5) is 96.8. The molecule has 0 heterocycles. The van der Waals surface area contributed by atoms with Gasteiger partial charge in [-0.25, -0.2) is 28.8 Å². The summed E-state index contributed by atoms with van der Waals surface area (Å²) in [6.07, 6.45) is 1.70. The summed E-state index contributed by atoms with van der Waals surface area (Å²) < 4.78 is 250. The molecule has 0 unspecified atom stereocenters. The summed E-state index contributed by atoms with van der Waals surface area (Å²) in [7, 11) is 1.22. The van der Waals surface area contributed by atoms with Crippen LogP contribution in [0.5, 0.6) is 0 Å². The van der Waals surface area contributed by atoms with Crippen molar-refractivity contribution in [2.45, 2.75) is 99.7 Å². The van der Waals surface area contributed by atoms with E-state index in [2.05, 4.69) is 90.2 Å². The summed E-state index contributed by atoms with van der Waals surface area (Å²) in [6, 6.07) is 0. The van der Waals surface area contributed by atoms with Gasteiger partial charge in [0.05, 0.1) is 33.0 Å². The number of allylic oxidation sites excluding steroid dienone is 1. The van der Waals surface area contributed by atoms with E-state index in [1.54, 1.807) is 54.5 Å². The van der Waals surface area contributed by atoms with Crippen LogP contribution in [-0.2, 0) is 47.6 Å². The Morgan fingerprint density at radius 1 is 0.443 bits per heavy atom. The van der Waals surface area contributed by atoms with Crippen LogP contribution in [0, 0.1) is 0 Å². The number of hydrogen-bond acceptors (Lipinski definition) is 16. The van der Waals surface area contributed by atoms with Crippen LogP contribution in [0.25, 0.3) is 0 Å². The maximum Gasteiger partial charge on any atom is 0.405 e. The van der Waals surface area contributed by atoms with E-state index in [9.17, 15) is 47.9 Å². The number of unbranched alkanes of at least 4 members (excludes halogenated alkanes) is 1. The Morgan fingerprint density at radius 2 is 0.705 bits per heavy atom. The molecule has 0 aromatic carbocycles. The number of alkyl halides is 1. The number of carbonyl (C=O) groups excluding carboxylic acids is 10. The lowest BCUT2D eigenvalue weighted by atomic mass is 10.2. The Bertz CT molecular complexity index is 1220. The van der Waals surface area contributed by atoms with Crippen molar-refractivity contribution in [3.63, 3.8) is 0 Å². The zero-order valence-corrected chi connectivity index (χ0v) is 48.1. The molecule has 0 atom stereocenters. The Balaban J connectivity index is -0.0000000226. The lowest BCUT2D eigenvalue weighted by molar-refractivity contribution is -0.135. The second-order valence-corrected chi connectivity index (χ2v) is 11.3. The van der Waals surface area contributed by atoms with Gasteiger partial charge in [-0.1, -0.05) is 42.3 Å². The number of amides is 10. The van der Waals surface area contributed by atoms with Crippen molar-refractivity contribution in [3.05, 3.63) is 12.2 Å². The predicted molar refractivity (Wildman–Crippen MR) is 254 cm³/mol. The highest BCUT2D eigenvalue weighted by Gasteiger charge is 2.12. The largest absolute Gasteiger partial charge is 0.453 e. The van der Waals surface area contributed by atoms with Crippen molar-refractivity contribution in [1.29, 1.82) is 0 Å². The zero-order valence-electron chi connectivity index (χ0n) is 46.6. The second-order valence-electron chi connectivity index (χ2n) is 10.5. The van der Waals surface area contributed by atoms with E-state index in [4.69, 9.17) is 140 Å². The smallest absolute Gasteiger partial charge is 0.405 e. The van der Waals surface area contributed by atoms with Crippen LogP contribution in [0.3, 0.4) is 0 Å².